The summed E-state index contributed by atoms with van der Waals surface area (Å²) in [5, 5.41) is 8.48. The van der Waals surface area contributed by atoms with Gasteiger partial charge in [-0.05, 0) is 20.5 Å². The van der Waals surface area contributed by atoms with Crippen LogP contribution >= 0.6 is 0 Å². The molecule has 0 radical (unpaired) electrons. The summed E-state index contributed by atoms with van der Waals surface area (Å²) in [4.78, 5) is 14.4. The molecule has 0 aromatic heterocycles. The van der Waals surface area contributed by atoms with Gasteiger partial charge in [-0.3, -0.25) is 0 Å². The van der Waals surface area contributed by atoms with Crippen LogP contribution in [-0.2, 0) is 4.79 Å². The monoisotopic (exact) mass is 200 g/mol. The fraction of sp³-hybridized carbons (Fsp3) is 0.700. The van der Waals surface area contributed by atoms with E-state index in [9.17, 15) is 4.79 Å². The van der Waals surface area contributed by atoms with E-state index in [-0.39, 0.29) is 0 Å². The van der Waals surface area contributed by atoms with Gasteiger partial charge in [0, 0.05) is 31.9 Å². The van der Waals surface area contributed by atoms with Gasteiger partial charge in [0.1, 0.15) is 0 Å². The minimum atomic E-state index is -0.893. The molecule has 0 aliphatic rings. The highest BCUT2D eigenvalue weighted by Gasteiger charge is 1.99. The van der Waals surface area contributed by atoms with Crippen molar-refractivity contribution in [3.05, 3.63) is 12.3 Å². The lowest BCUT2D eigenvalue weighted by atomic mass is 10.4. The normalized spacial score (nSPS) is 11.1. The van der Waals surface area contributed by atoms with E-state index in [1.165, 1.54) is 6.08 Å². The molecule has 0 heterocycles. The Balaban J connectivity index is 3.94. The molecule has 0 aliphatic heterocycles. The fourth-order valence-corrected chi connectivity index (χ4v) is 1.05. The number of carboxylic acids is 1. The number of hydrogen-bond donors (Lipinski definition) is 1. The van der Waals surface area contributed by atoms with Gasteiger partial charge in [0.25, 0.3) is 0 Å². The van der Waals surface area contributed by atoms with Crippen LogP contribution in [0.1, 0.15) is 13.3 Å². The van der Waals surface area contributed by atoms with Crippen molar-refractivity contribution in [3.8, 4) is 0 Å². The summed E-state index contributed by atoms with van der Waals surface area (Å²) in [5.41, 5.74) is 0. The van der Waals surface area contributed by atoms with Crippen LogP contribution in [0.25, 0.3) is 0 Å². The average Bonchev–Trinajstić information content (AvgIpc) is 2.09. The van der Waals surface area contributed by atoms with Gasteiger partial charge in [-0.2, -0.15) is 0 Å². The van der Waals surface area contributed by atoms with E-state index in [4.69, 9.17) is 5.11 Å². The molecule has 0 aromatic carbocycles. The number of carbonyl (C=O) groups is 1. The topological polar surface area (TPSA) is 43.8 Å². The minimum Gasteiger partial charge on any atom is -0.478 e. The maximum atomic E-state index is 10.3. The Hall–Kier alpha value is -1.03. The van der Waals surface area contributed by atoms with Crippen LogP contribution in [0, 0.1) is 0 Å². The molecule has 0 saturated carbocycles. The van der Waals surface area contributed by atoms with Crippen LogP contribution in [0.5, 0.6) is 0 Å². The average molecular weight is 200 g/mol. The molecule has 4 heteroatoms. The van der Waals surface area contributed by atoms with Gasteiger partial charge in [0.05, 0.1) is 0 Å². The van der Waals surface area contributed by atoms with Crippen molar-refractivity contribution in [2.75, 3.05) is 33.7 Å². The van der Waals surface area contributed by atoms with Crippen LogP contribution in [0.15, 0.2) is 12.3 Å². The van der Waals surface area contributed by atoms with Crippen molar-refractivity contribution in [2.24, 2.45) is 0 Å². The second kappa shape index (κ2) is 7.38. The first-order valence-corrected chi connectivity index (χ1v) is 4.86. The SMILES string of the molecule is CCCN(C=CC(=O)O)CCN(C)C. The summed E-state index contributed by atoms with van der Waals surface area (Å²) in [5.74, 6) is -0.893. The lowest BCUT2D eigenvalue weighted by Crippen LogP contribution is -2.28. The van der Waals surface area contributed by atoms with Crippen molar-refractivity contribution in [2.45, 2.75) is 13.3 Å². The first-order chi connectivity index (χ1) is 6.56. The predicted octanol–water partition coefficient (Wildman–Crippen LogP) is 0.858. The number of nitrogens with zero attached hydrogens (tertiary/aromatic N) is 2. The maximum Gasteiger partial charge on any atom is 0.329 e. The molecule has 82 valence electrons. The quantitative estimate of drug-likeness (QED) is 0.619. The molecule has 0 fully saturated rings. The zero-order chi connectivity index (χ0) is 11.0. The molecule has 4 nitrogen and oxygen atoms in total. The summed E-state index contributed by atoms with van der Waals surface area (Å²) >= 11 is 0. The molecular formula is C10H20N2O2. The highest BCUT2D eigenvalue weighted by atomic mass is 16.4. The standard InChI is InChI=1S/C10H20N2O2/c1-4-6-12(7-5-10(13)14)9-8-11(2)3/h5,7H,4,6,8-9H2,1-3H3,(H,13,14). The van der Waals surface area contributed by atoms with Crippen LogP contribution < -0.4 is 0 Å². The second-order valence-electron chi connectivity index (χ2n) is 3.49. The van der Waals surface area contributed by atoms with Crippen molar-refractivity contribution in [1.82, 2.24) is 9.80 Å². The van der Waals surface area contributed by atoms with Gasteiger partial charge in [0.2, 0.25) is 0 Å². The van der Waals surface area contributed by atoms with E-state index in [1.807, 2.05) is 19.0 Å². The molecular weight excluding hydrogens is 180 g/mol. The molecule has 14 heavy (non-hydrogen) atoms. The summed E-state index contributed by atoms with van der Waals surface area (Å²) < 4.78 is 0. The van der Waals surface area contributed by atoms with Crippen LogP contribution in [0.2, 0.25) is 0 Å². The van der Waals surface area contributed by atoms with Crippen LogP contribution in [0.3, 0.4) is 0 Å². The number of likely N-dealkylation sites (N-methyl/N-ethyl adjacent to an activating group) is 1. The summed E-state index contributed by atoms with van der Waals surface area (Å²) in [6.45, 7) is 4.78. The number of hydrogen-bond acceptors (Lipinski definition) is 3. The third-order valence-electron chi connectivity index (χ3n) is 1.77. The maximum absolute atomic E-state index is 10.3. The molecule has 0 spiro atoms. The molecule has 0 amide bonds. The van der Waals surface area contributed by atoms with Crippen molar-refractivity contribution >= 4 is 5.97 Å². The molecule has 0 aliphatic carbocycles. The molecule has 0 unspecified atom stereocenters. The van der Waals surface area contributed by atoms with Gasteiger partial charge in [-0.1, -0.05) is 6.92 Å². The second-order valence-corrected chi connectivity index (χ2v) is 3.49. The smallest absolute Gasteiger partial charge is 0.329 e. The number of rotatable bonds is 7. The predicted molar refractivity (Wildman–Crippen MR) is 57.2 cm³/mol. The van der Waals surface area contributed by atoms with Gasteiger partial charge < -0.3 is 14.9 Å². The number of carboxylic acid groups (broad SMARTS) is 1. The lowest BCUT2D eigenvalue weighted by Gasteiger charge is -2.21. The van der Waals surface area contributed by atoms with E-state index in [0.29, 0.717) is 0 Å². The Bertz CT molecular complexity index is 191. The Morgan fingerprint density at radius 3 is 2.36 bits per heavy atom. The third kappa shape index (κ3) is 7.61. The van der Waals surface area contributed by atoms with E-state index >= 15 is 0 Å². The lowest BCUT2D eigenvalue weighted by molar-refractivity contribution is -0.131. The molecule has 1 N–H and O–H groups in total. The Labute approximate surface area is 85.8 Å². The first kappa shape index (κ1) is 13.0. The molecule has 0 atom stereocenters. The van der Waals surface area contributed by atoms with Crippen molar-refractivity contribution in [3.63, 3.8) is 0 Å². The molecule has 0 bridgehead atoms. The fourth-order valence-electron chi connectivity index (χ4n) is 1.05. The zero-order valence-corrected chi connectivity index (χ0v) is 9.23. The summed E-state index contributed by atoms with van der Waals surface area (Å²) in [7, 11) is 4.01. The molecule has 0 saturated heterocycles. The Kier molecular flexibility index (Phi) is 6.84. The van der Waals surface area contributed by atoms with Crippen LogP contribution in [0.4, 0.5) is 0 Å². The van der Waals surface area contributed by atoms with E-state index in [0.717, 1.165) is 26.1 Å². The van der Waals surface area contributed by atoms with E-state index in [1.54, 1.807) is 6.20 Å². The molecule has 0 aromatic rings. The van der Waals surface area contributed by atoms with Crippen LogP contribution in [-0.4, -0.2) is 54.6 Å². The van der Waals surface area contributed by atoms with E-state index < -0.39 is 5.97 Å². The van der Waals surface area contributed by atoms with Crippen molar-refractivity contribution < 1.29 is 9.90 Å². The van der Waals surface area contributed by atoms with Gasteiger partial charge in [-0.25, -0.2) is 4.79 Å². The highest BCUT2D eigenvalue weighted by Crippen LogP contribution is 1.93. The molecule has 0 rings (SSSR count). The van der Waals surface area contributed by atoms with Gasteiger partial charge in [-0.15, -0.1) is 0 Å². The Morgan fingerprint density at radius 1 is 1.29 bits per heavy atom. The number of aliphatic carboxylic acids is 1. The summed E-state index contributed by atoms with van der Waals surface area (Å²) in [6.07, 6.45) is 3.86. The van der Waals surface area contributed by atoms with E-state index in [2.05, 4.69) is 11.8 Å². The van der Waals surface area contributed by atoms with Gasteiger partial charge in [0.15, 0.2) is 0 Å². The highest BCUT2D eigenvalue weighted by molar-refractivity contribution is 5.79. The zero-order valence-electron chi connectivity index (χ0n) is 9.23. The summed E-state index contributed by atoms with van der Waals surface area (Å²) in [6, 6.07) is 0. The largest absolute Gasteiger partial charge is 0.478 e. The Morgan fingerprint density at radius 2 is 1.93 bits per heavy atom. The van der Waals surface area contributed by atoms with Gasteiger partial charge >= 0.3 is 5.97 Å². The minimum absolute atomic E-state index is 0.866. The first-order valence-electron chi connectivity index (χ1n) is 4.86. The third-order valence-corrected chi connectivity index (χ3v) is 1.77. The van der Waals surface area contributed by atoms with Crippen molar-refractivity contribution in [1.29, 1.82) is 0 Å².